The Morgan fingerprint density at radius 1 is 1.18 bits per heavy atom. The highest BCUT2D eigenvalue weighted by molar-refractivity contribution is 6.01. The second-order valence-electron chi connectivity index (χ2n) is 7.92. The molecule has 2 aliphatic rings. The maximum Gasteiger partial charge on any atom is 0.305 e. The number of amides is 2. The Hall–Kier alpha value is -2.37. The van der Waals surface area contributed by atoms with Crippen molar-refractivity contribution in [2.24, 2.45) is 5.73 Å². The fourth-order valence-corrected chi connectivity index (χ4v) is 4.44. The van der Waals surface area contributed by atoms with Crippen LogP contribution in [0.2, 0.25) is 0 Å². The van der Waals surface area contributed by atoms with Crippen molar-refractivity contribution in [2.75, 3.05) is 7.11 Å². The molecule has 6 nitrogen and oxygen atoms in total. The molecule has 1 fully saturated rings. The number of hydrogen-bond donors (Lipinski definition) is 1. The van der Waals surface area contributed by atoms with Gasteiger partial charge in [-0.1, -0.05) is 44.2 Å². The molecule has 0 spiro atoms. The first-order valence-electron chi connectivity index (χ1n) is 10.3. The van der Waals surface area contributed by atoms with Crippen LogP contribution in [0.4, 0.5) is 0 Å². The summed E-state index contributed by atoms with van der Waals surface area (Å²) < 4.78 is 4.64. The number of benzene rings is 1. The third kappa shape index (κ3) is 4.54. The monoisotopic (exact) mass is 386 g/mol. The van der Waals surface area contributed by atoms with Gasteiger partial charge in [-0.05, 0) is 42.4 Å². The number of esters is 1. The van der Waals surface area contributed by atoms with Crippen molar-refractivity contribution in [3.63, 3.8) is 0 Å². The summed E-state index contributed by atoms with van der Waals surface area (Å²) in [5, 5.41) is 0. The van der Waals surface area contributed by atoms with Gasteiger partial charge in [-0.3, -0.25) is 14.4 Å². The molecule has 1 heterocycles. The Morgan fingerprint density at radius 3 is 2.50 bits per heavy atom. The number of methoxy groups -OCH3 is 1. The van der Waals surface area contributed by atoms with Gasteiger partial charge in [0.2, 0.25) is 5.91 Å². The van der Waals surface area contributed by atoms with E-state index in [-0.39, 0.29) is 18.7 Å². The summed E-state index contributed by atoms with van der Waals surface area (Å²) in [7, 11) is 1.30. The zero-order chi connectivity index (χ0) is 20.1. The summed E-state index contributed by atoms with van der Waals surface area (Å²) in [5.74, 6) is -0.678. The number of nitrogens with zero attached hydrogens (tertiary/aromatic N) is 1. The number of rotatable bonds is 6. The number of fused-ring (bicyclic) bond motifs is 1. The van der Waals surface area contributed by atoms with Crippen LogP contribution in [0.5, 0.6) is 0 Å². The molecule has 152 valence electrons. The molecule has 2 N–H and O–H groups in total. The SMILES string of the molecule is COC(=O)CCC(C(N)=O)N1Cc2ccc(C3CCCCCCC3)cc2C1=O. The van der Waals surface area contributed by atoms with E-state index in [1.54, 1.807) is 0 Å². The van der Waals surface area contributed by atoms with Gasteiger partial charge >= 0.3 is 5.97 Å². The summed E-state index contributed by atoms with van der Waals surface area (Å²) in [6, 6.07) is 5.36. The van der Waals surface area contributed by atoms with Crippen molar-refractivity contribution in [2.45, 2.75) is 76.3 Å². The Balaban J connectivity index is 1.76. The molecule has 1 atom stereocenters. The Kier molecular flexibility index (Phi) is 6.70. The highest BCUT2D eigenvalue weighted by Crippen LogP contribution is 2.34. The molecule has 1 unspecified atom stereocenters. The molecule has 1 aliphatic heterocycles. The van der Waals surface area contributed by atoms with Crippen LogP contribution in [-0.4, -0.2) is 35.8 Å². The molecule has 1 aliphatic carbocycles. The first-order valence-corrected chi connectivity index (χ1v) is 10.3. The molecular weight excluding hydrogens is 356 g/mol. The van der Waals surface area contributed by atoms with Crippen molar-refractivity contribution in [3.05, 3.63) is 34.9 Å². The van der Waals surface area contributed by atoms with Crippen molar-refractivity contribution >= 4 is 17.8 Å². The van der Waals surface area contributed by atoms with Gasteiger partial charge in [-0.25, -0.2) is 0 Å². The second-order valence-corrected chi connectivity index (χ2v) is 7.92. The van der Waals surface area contributed by atoms with Crippen LogP contribution in [0.1, 0.15) is 85.2 Å². The van der Waals surface area contributed by atoms with Crippen LogP contribution in [0, 0.1) is 0 Å². The van der Waals surface area contributed by atoms with E-state index < -0.39 is 17.9 Å². The number of ether oxygens (including phenoxy) is 1. The predicted molar refractivity (Wildman–Crippen MR) is 106 cm³/mol. The van der Waals surface area contributed by atoms with Crippen LogP contribution in [0.15, 0.2) is 18.2 Å². The Labute approximate surface area is 166 Å². The maximum atomic E-state index is 13.0. The molecule has 3 rings (SSSR count). The van der Waals surface area contributed by atoms with Gasteiger partial charge in [-0.2, -0.15) is 0 Å². The quantitative estimate of drug-likeness (QED) is 0.760. The Bertz CT molecular complexity index is 738. The van der Waals surface area contributed by atoms with Crippen LogP contribution < -0.4 is 5.73 Å². The second kappa shape index (κ2) is 9.22. The smallest absolute Gasteiger partial charge is 0.305 e. The molecule has 28 heavy (non-hydrogen) atoms. The molecular formula is C22H30N2O4. The highest BCUT2D eigenvalue weighted by atomic mass is 16.5. The Morgan fingerprint density at radius 2 is 1.86 bits per heavy atom. The van der Waals surface area contributed by atoms with E-state index in [1.807, 2.05) is 12.1 Å². The average Bonchev–Trinajstić information content (AvgIpc) is 2.97. The van der Waals surface area contributed by atoms with E-state index >= 15 is 0 Å². The zero-order valence-corrected chi connectivity index (χ0v) is 16.6. The van der Waals surface area contributed by atoms with Gasteiger partial charge < -0.3 is 15.4 Å². The minimum Gasteiger partial charge on any atom is -0.469 e. The minimum atomic E-state index is -0.802. The lowest BCUT2D eigenvalue weighted by atomic mass is 9.85. The first kappa shape index (κ1) is 20.4. The summed E-state index contributed by atoms with van der Waals surface area (Å²) >= 11 is 0. The number of carbonyl (C=O) groups is 3. The van der Waals surface area contributed by atoms with Gasteiger partial charge in [-0.15, -0.1) is 0 Å². The largest absolute Gasteiger partial charge is 0.469 e. The predicted octanol–water partition coefficient (Wildman–Crippen LogP) is 3.28. The molecule has 1 aromatic carbocycles. The minimum absolute atomic E-state index is 0.0531. The lowest BCUT2D eigenvalue weighted by Crippen LogP contribution is -2.45. The van der Waals surface area contributed by atoms with E-state index in [4.69, 9.17) is 5.73 Å². The van der Waals surface area contributed by atoms with E-state index in [0.717, 1.165) is 5.56 Å². The molecule has 1 aromatic rings. The average molecular weight is 386 g/mol. The van der Waals surface area contributed by atoms with Crippen LogP contribution in [0.3, 0.4) is 0 Å². The van der Waals surface area contributed by atoms with Crippen LogP contribution in [-0.2, 0) is 20.9 Å². The van der Waals surface area contributed by atoms with Gasteiger partial charge in [0.1, 0.15) is 6.04 Å². The van der Waals surface area contributed by atoms with Crippen LogP contribution in [0.25, 0.3) is 0 Å². The molecule has 0 radical (unpaired) electrons. The van der Waals surface area contributed by atoms with Gasteiger partial charge in [0, 0.05) is 18.5 Å². The van der Waals surface area contributed by atoms with E-state index in [1.165, 1.54) is 62.5 Å². The van der Waals surface area contributed by atoms with Crippen LogP contribution >= 0.6 is 0 Å². The topological polar surface area (TPSA) is 89.7 Å². The van der Waals surface area contributed by atoms with Gasteiger partial charge in [0.05, 0.1) is 7.11 Å². The molecule has 0 bridgehead atoms. The molecule has 0 aromatic heterocycles. The zero-order valence-electron chi connectivity index (χ0n) is 16.6. The standard InChI is InChI=1S/C22H30N2O4/c1-28-20(25)12-11-19(21(23)26)24-14-17-10-9-16(13-18(17)22(24)27)15-7-5-3-2-4-6-8-15/h9-10,13,15,19H,2-8,11-12,14H2,1H3,(H2,23,26). The maximum absolute atomic E-state index is 13.0. The molecule has 1 saturated carbocycles. The van der Waals surface area contributed by atoms with Gasteiger partial charge in [0.25, 0.3) is 5.91 Å². The van der Waals surface area contributed by atoms with E-state index in [2.05, 4.69) is 10.8 Å². The fourth-order valence-electron chi connectivity index (χ4n) is 4.44. The fraction of sp³-hybridized carbons (Fsp3) is 0.591. The lowest BCUT2D eigenvalue weighted by molar-refractivity contribution is -0.141. The summed E-state index contributed by atoms with van der Waals surface area (Å²) in [4.78, 5) is 37.9. The van der Waals surface area contributed by atoms with Crippen molar-refractivity contribution in [1.29, 1.82) is 0 Å². The number of carbonyl (C=O) groups excluding carboxylic acids is 3. The summed E-state index contributed by atoms with van der Waals surface area (Å²) in [6.45, 7) is 0.355. The molecule has 2 amide bonds. The van der Waals surface area contributed by atoms with Crippen molar-refractivity contribution in [1.82, 2.24) is 4.90 Å². The highest BCUT2D eigenvalue weighted by Gasteiger charge is 2.36. The third-order valence-electron chi connectivity index (χ3n) is 6.10. The molecule has 6 heteroatoms. The van der Waals surface area contributed by atoms with E-state index in [0.29, 0.717) is 18.0 Å². The van der Waals surface area contributed by atoms with Crippen molar-refractivity contribution < 1.29 is 19.1 Å². The van der Waals surface area contributed by atoms with Gasteiger partial charge in [0.15, 0.2) is 0 Å². The third-order valence-corrected chi connectivity index (χ3v) is 6.10. The normalized spacial score (nSPS) is 18.9. The first-order chi connectivity index (χ1) is 13.5. The number of nitrogens with two attached hydrogens (primary N) is 1. The summed E-state index contributed by atoms with van der Waals surface area (Å²) in [6.07, 6.45) is 8.93. The lowest BCUT2D eigenvalue weighted by Gasteiger charge is -2.24. The number of primary amides is 1. The van der Waals surface area contributed by atoms with Crippen molar-refractivity contribution in [3.8, 4) is 0 Å². The summed E-state index contributed by atoms with van der Waals surface area (Å²) in [5.41, 5.74) is 8.35. The van der Waals surface area contributed by atoms with E-state index in [9.17, 15) is 14.4 Å². The number of hydrogen-bond acceptors (Lipinski definition) is 4. The molecule has 0 saturated heterocycles.